The molecule has 0 aliphatic carbocycles. The second-order valence-electron chi connectivity index (χ2n) is 4.25. The number of hydrogen-bond donors (Lipinski definition) is 0. The normalized spacial score (nSPS) is 10.1. The molecular formula is C16H13FO3. The molecule has 0 fully saturated rings. The highest BCUT2D eigenvalue weighted by Gasteiger charge is 2.12. The lowest BCUT2D eigenvalue weighted by atomic mass is 10.1. The Hall–Kier alpha value is -2.49. The van der Waals surface area contributed by atoms with Crippen molar-refractivity contribution >= 4 is 11.9 Å². The van der Waals surface area contributed by atoms with Gasteiger partial charge in [-0.2, -0.15) is 0 Å². The number of carbonyl (C=O) groups is 2. The molecule has 0 bridgehead atoms. The molecule has 0 aliphatic rings. The summed E-state index contributed by atoms with van der Waals surface area (Å²) in [6.07, 6.45) is 0.632. The molecule has 0 heterocycles. The van der Waals surface area contributed by atoms with Crippen molar-refractivity contribution in [3.63, 3.8) is 0 Å². The zero-order chi connectivity index (χ0) is 14.4. The molecule has 3 nitrogen and oxygen atoms in total. The lowest BCUT2D eigenvalue weighted by Crippen LogP contribution is -2.13. The van der Waals surface area contributed by atoms with E-state index >= 15 is 0 Å². The Morgan fingerprint density at radius 2 is 1.60 bits per heavy atom. The monoisotopic (exact) mass is 272 g/mol. The Morgan fingerprint density at radius 1 is 0.950 bits per heavy atom. The van der Waals surface area contributed by atoms with Gasteiger partial charge in [0.2, 0.25) is 0 Å². The molecule has 4 heteroatoms. The summed E-state index contributed by atoms with van der Waals surface area (Å²) in [6.45, 7) is 0. The number of carbonyl (C=O) groups excluding carboxylic acids is 2. The van der Waals surface area contributed by atoms with Gasteiger partial charge < -0.3 is 4.74 Å². The molecule has 0 amide bonds. The first-order valence-electron chi connectivity index (χ1n) is 6.19. The highest BCUT2D eigenvalue weighted by atomic mass is 19.1. The van der Waals surface area contributed by atoms with Crippen LogP contribution < -0.4 is 0 Å². The van der Waals surface area contributed by atoms with E-state index in [1.807, 2.05) is 30.3 Å². The van der Waals surface area contributed by atoms with E-state index in [0.29, 0.717) is 6.42 Å². The first kappa shape index (κ1) is 13.9. The van der Waals surface area contributed by atoms with Crippen LogP contribution in [0.1, 0.15) is 22.3 Å². The molecule has 0 saturated carbocycles. The van der Waals surface area contributed by atoms with Gasteiger partial charge in [0.05, 0.1) is 12.0 Å². The van der Waals surface area contributed by atoms with Crippen molar-refractivity contribution in [3.8, 4) is 0 Å². The van der Waals surface area contributed by atoms with Crippen LogP contribution in [0.5, 0.6) is 0 Å². The van der Waals surface area contributed by atoms with Gasteiger partial charge in [-0.05, 0) is 36.2 Å². The Bertz CT molecular complexity index is 591. The van der Waals surface area contributed by atoms with Crippen LogP contribution in [-0.2, 0) is 16.0 Å². The smallest absolute Gasteiger partial charge is 0.345 e. The predicted molar refractivity (Wildman–Crippen MR) is 71.6 cm³/mol. The zero-order valence-corrected chi connectivity index (χ0v) is 10.7. The Balaban J connectivity index is 1.85. The summed E-state index contributed by atoms with van der Waals surface area (Å²) in [5.74, 6) is -1.80. The summed E-state index contributed by atoms with van der Waals surface area (Å²) in [5.41, 5.74) is 1.15. The molecule has 0 unspecified atom stereocenters. The van der Waals surface area contributed by atoms with Gasteiger partial charge in [0, 0.05) is 0 Å². The van der Waals surface area contributed by atoms with Crippen molar-refractivity contribution in [2.24, 2.45) is 0 Å². The van der Waals surface area contributed by atoms with Crippen LogP contribution in [0.2, 0.25) is 0 Å². The minimum atomic E-state index is -0.761. The average molecular weight is 272 g/mol. The topological polar surface area (TPSA) is 43.4 Å². The third kappa shape index (κ3) is 4.02. The van der Waals surface area contributed by atoms with Crippen molar-refractivity contribution in [1.29, 1.82) is 0 Å². The first-order valence-corrected chi connectivity index (χ1v) is 6.19. The molecule has 2 aromatic rings. The fourth-order valence-corrected chi connectivity index (χ4v) is 1.69. The number of ether oxygens (including phenoxy) is 1. The van der Waals surface area contributed by atoms with Crippen LogP contribution in [0.4, 0.5) is 4.39 Å². The van der Waals surface area contributed by atoms with E-state index in [4.69, 9.17) is 4.74 Å². The summed E-state index contributed by atoms with van der Waals surface area (Å²) in [4.78, 5) is 23.2. The maximum absolute atomic E-state index is 12.7. The number of rotatable bonds is 4. The highest BCUT2D eigenvalue weighted by Crippen LogP contribution is 2.07. The Morgan fingerprint density at radius 3 is 2.25 bits per heavy atom. The van der Waals surface area contributed by atoms with Gasteiger partial charge in [-0.1, -0.05) is 30.3 Å². The highest BCUT2D eigenvalue weighted by molar-refractivity contribution is 5.96. The molecule has 0 aliphatic heterocycles. The summed E-state index contributed by atoms with van der Waals surface area (Å²) in [5, 5.41) is 0. The van der Waals surface area contributed by atoms with Gasteiger partial charge in [0.1, 0.15) is 5.82 Å². The van der Waals surface area contributed by atoms with Crippen LogP contribution in [-0.4, -0.2) is 11.9 Å². The van der Waals surface area contributed by atoms with E-state index in [1.165, 1.54) is 12.1 Å². The fraction of sp³-hybridized carbons (Fsp3) is 0.125. The molecule has 2 aromatic carbocycles. The van der Waals surface area contributed by atoms with E-state index in [2.05, 4.69) is 0 Å². The van der Waals surface area contributed by atoms with Crippen molar-refractivity contribution in [1.82, 2.24) is 0 Å². The number of aryl methyl sites for hydroxylation is 1. The molecule has 0 atom stereocenters. The second kappa shape index (κ2) is 6.61. The minimum Gasteiger partial charge on any atom is -0.389 e. The molecular weight excluding hydrogens is 259 g/mol. The van der Waals surface area contributed by atoms with Crippen molar-refractivity contribution in [2.45, 2.75) is 12.8 Å². The van der Waals surface area contributed by atoms with E-state index < -0.39 is 17.8 Å². The summed E-state index contributed by atoms with van der Waals surface area (Å²) in [7, 11) is 0. The molecule has 0 radical (unpaired) electrons. The van der Waals surface area contributed by atoms with Crippen molar-refractivity contribution < 1.29 is 18.7 Å². The number of benzene rings is 2. The third-order valence-electron chi connectivity index (χ3n) is 2.75. The lowest BCUT2D eigenvalue weighted by molar-refractivity contribution is -0.137. The second-order valence-corrected chi connectivity index (χ2v) is 4.25. The summed E-state index contributed by atoms with van der Waals surface area (Å²) >= 11 is 0. The van der Waals surface area contributed by atoms with Gasteiger partial charge >= 0.3 is 11.9 Å². The SMILES string of the molecule is O=C(CCc1ccccc1)OC(=O)c1ccc(F)cc1. The van der Waals surface area contributed by atoms with Crippen molar-refractivity contribution in [3.05, 3.63) is 71.5 Å². The molecule has 102 valence electrons. The molecule has 2 rings (SSSR count). The van der Waals surface area contributed by atoms with Crippen LogP contribution in [0, 0.1) is 5.82 Å². The number of hydrogen-bond acceptors (Lipinski definition) is 3. The van der Waals surface area contributed by atoms with Crippen LogP contribution >= 0.6 is 0 Å². The van der Waals surface area contributed by atoms with Crippen LogP contribution in [0.15, 0.2) is 54.6 Å². The average Bonchev–Trinajstić information content (AvgIpc) is 2.47. The fourth-order valence-electron chi connectivity index (χ4n) is 1.69. The van der Waals surface area contributed by atoms with Gasteiger partial charge in [0.15, 0.2) is 0 Å². The van der Waals surface area contributed by atoms with Crippen LogP contribution in [0.3, 0.4) is 0 Å². The van der Waals surface area contributed by atoms with E-state index in [0.717, 1.165) is 17.7 Å². The van der Waals surface area contributed by atoms with E-state index in [9.17, 15) is 14.0 Å². The molecule has 0 saturated heterocycles. The maximum Gasteiger partial charge on any atom is 0.345 e. The quantitative estimate of drug-likeness (QED) is 0.634. The zero-order valence-electron chi connectivity index (χ0n) is 10.7. The number of halogens is 1. The Kier molecular flexibility index (Phi) is 4.60. The van der Waals surface area contributed by atoms with Gasteiger partial charge in [-0.3, -0.25) is 4.79 Å². The maximum atomic E-state index is 12.7. The van der Waals surface area contributed by atoms with Crippen molar-refractivity contribution in [2.75, 3.05) is 0 Å². The largest absolute Gasteiger partial charge is 0.389 e. The molecule has 0 N–H and O–H groups in total. The minimum absolute atomic E-state index is 0.122. The summed E-state index contributed by atoms with van der Waals surface area (Å²) in [6, 6.07) is 14.3. The summed E-state index contributed by atoms with van der Waals surface area (Å²) < 4.78 is 17.4. The third-order valence-corrected chi connectivity index (χ3v) is 2.75. The lowest BCUT2D eigenvalue weighted by Gasteiger charge is -2.03. The van der Waals surface area contributed by atoms with Crippen LogP contribution in [0.25, 0.3) is 0 Å². The predicted octanol–water partition coefficient (Wildman–Crippen LogP) is 3.14. The molecule has 0 spiro atoms. The molecule has 20 heavy (non-hydrogen) atoms. The standard InChI is InChI=1S/C16H13FO3/c17-14-9-7-13(8-10-14)16(19)20-15(18)11-6-12-4-2-1-3-5-12/h1-5,7-10H,6,11H2. The Labute approximate surface area is 116 Å². The van der Waals surface area contributed by atoms with Gasteiger partial charge in [-0.25, -0.2) is 9.18 Å². The van der Waals surface area contributed by atoms with Gasteiger partial charge in [0.25, 0.3) is 0 Å². The van der Waals surface area contributed by atoms with E-state index in [-0.39, 0.29) is 12.0 Å². The number of esters is 2. The van der Waals surface area contributed by atoms with Gasteiger partial charge in [-0.15, -0.1) is 0 Å². The molecule has 0 aromatic heterocycles. The first-order chi connectivity index (χ1) is 9.65. The van der Waals surface area contributed by atoms with E-state index in [1.54, 1.807) is 0 Å².